The number of aliphatic carboxylic acids is 1. The van der Waals surface area contributed by atoms with Gasteiger partial charge in [0, 0.05) is 36.6 Å². The van der Waals surface area contributed by atoms with Crippen LogP contribution < -0.4 is 5.32 Å². The van der Waals surface area contributed by atoms with Gasteiger partial charge in [0.1, 0.15) is 6.04 Å². The number of carbonyl (C=O) groups is 2. The molecule has 1 fully saturated rings. The number of hydrogen-bond acceptors (Lipinski definition) is 4. The van der Waals surface area contributed by atoms with Crippen LogP contribution in [-0.2, 0) is 4.79 Å². The van der Waals surface area contributed by atoms with E-state index in [0.29, 0.717) is 13.1 Å². The maximum atomic E-state index is 12.0. The van der Waals surface area contributed by atoms with Gasteiger partial charge in [0.15, 0.2) is 0 Å². The number of nitrogens with one attached hydrogen (secondary N) is 1. The van der Waals surface area contributed by atoms with E-state index in [2.05, 4.69) is 19.2 Å². The first-order chi connectivity index (χ1) is 8.85. The molecule has 0 saturated carbocycles. The minimum atomic E-state index is -1.12. The Labute approximate surface area is 117 Å². The second kappa shape index (κ2) is 7.00. The Morgan fingerprint density at radius 2 is 2.11 bits per heavy atom. The minimum absolute atomic E-state index is 0.0230. The average molecular weight is 290 g/mol. The van der Waals surface area contributed by atoms with E-state index in [4.69, 9.17) is 10.2 Å². The summed E-state index contributed by atoms with van der Waals surface area (Å²) in [6, 6.07) is -1.39. The van der Waals surface area contributed by atoms with E-state index < -0.39 is 12.0 Å². The fourth-order valence-corrected chi connectivity index (χ4v) is 2.95. The smallest absolute Gasteiger partial charge is 0.326 e. The Kier molecular flexibility index (Phi) is 5.93. The van der Waals surface area contributed by atoms with Gasteiger partial charge in [-0.2, -0.15) is 11.8 Å². The molecule has 1 rings (SSSR count). The number of urea groups is 1. The van der Waals surface area contributed by atoms with Crippen LogP contribution in [0.3, 0.4) is 0 Å². The molecular formula is C12H22N2O4S. The topological polar surface area (TPSA) is 89.9 Å². The van der Waals surface area contributed by atoms with Crippen LogP contribution in [0.1, 0.15) is 26.7 Å². The van der Waals surface area contributed by atoms with Crippen molar-refractivity contribution in [1.29, 1.82) is 0 Å². The molecule has 0 aromatic heterocycles. The number of rotatable bonds is 4. The Balaban J connectivity index is 2.54. The molecule has 0 aromatic rings. The SMILES string of the molecule is CC1(C)CCN(C(=O)N[C@H](CCO)C(=O)O)CCS1. The van der Waals surface area contributed by atoms with Crippen molar-refractivity contribution in [2.45, 2.75) is 37.5 Å². The van der Waals surface area contributed by atoms with Crippen molar-refractivity contribution in [2.75, 3.05) is 25.4 Å². The van der Waals surface area contributed by atoms with Crippen molar-refractivity contribution in [3.05, 3.63) is 0 Å². The molecular weight excluding hydrogens is 268 g/mol. The van der Waals surface area contributed by atoms with Gasteiger partial charge in [-0.05, 0) is 6.42 Å². The molecule has 0 aliphatic carbocycles. The molecule has 1 saturated heterocycles. The highest BCUT2D eigenvalue weighted by Crippen LogP contribution is 2.30. The molecule has 0 spiro atoms. The molecule has 110 valence electrons. The first kappa shape index (κ1) is 16.1. The number of hydrogen-bond donors (Lipinski definition) is 3. The molecule has 0 bridgehead atoms. The molecule has 1 aliphatic heterocycles. The number of aliphatic hydroxyl groups is 1. The Bertz CT molecular complexity index is 336. The van der Waals surface area contributed by atoms with Crippen LogP contribution in [0, 0.1) is 0 Å². The van der Waals surface area contributed by atoms with E-state index in [-0.39, 0.29) is 23.8 Å². The van der Waals surface area contributed by atoms with Crippen LogP contribution >= 0.6 is 11.8 Å². The zero-order valence-electron chi connectivity index (χ0n) is 11.4. The molecule has 6 nitrogen and oxygen atoms in total. The second-order valence-electron chi connectivity index (χ2n) is 5.20. The van der Waals surface area contributed by atoms with Crippen LogP contribution in [0.5, 0.6) is 0 Å². The quantitative estimate of drug-likeness (QED) is 0.711. The van der Waals surface area contributed by atoms with Gasteiger partial charge in [0.2, 0.25) is 0 Å². The van der Waals surface area contributed by atoms with E-state index >= 15 is 0 Å². The molecule has 1 atom stereocenters. The highest BCUT2D eigenvalue weighted by atomic mass is 32.2. The fourth-order valence-electron chi connectivity index (χ4n) is 1.85. The number of aliphatic hydroxyl groups excluding tert-OH is 1. The summed E-state index contributed by atoms with van der Waals surface area (Å²) in [5.74, 6) is -0.273. The zero-order chi connectivity index (χ0) is 14.5. The van der Waals surface area contributed by atoms with Crippen LogP contribution in [0.15, 0.2) is 0 Å². The highest BCUT2D eigenvalue weighted by molar-refractivity contribution is 8.00. The summed E-state index contributed by atoms with van der Waals surface area (Å²) in [4.78, 5) is 24.6. The van der Waals surface area contributed by atoms with Gasteiger partial charge >= 0.3 is 12.0 Å². The van der Waals surface area contributed by atoms with Crippen LogP contribution in [-0.4, -0.2) is 63.4 Å². The van der Waals surface area contributed by atoms with E-state index in [1.54, 1.807) is 4.90 Å². The van der Waals surface area contributed by atoms with Crippen molar-refractivity contribution < 1.29 is 19.8 Å². The largest absolute Gasteiger partial charge is 0.480 e. The number of amides is 2. The van der Waals surface area contributed by atoms with Gasteiger partial charge in [-0.15, -0.1) is 0 Å². The van der Waals surface area contributed by atoms with Crippen LogP contribution in [0.2, 0.25) is 0 Å². The lowest BCUT2D eigenvalue weighted by atomic mass is 10.1. The minimum Gasteiger partial charge on any atom is -0.480 e. The Morgan fingerprint density at radius 1 is 1.42 bits per heavy atom. The molecule has 19 heavy (non-hydrogen) atoms. The maximum absolute atomic E-state index is 12.0. The maximum Gasteiger partial charge on any atom is 0.326 e. The Hall–Kier alpha value is -0.950. The summed E-state index contributed by atoms with van der Waals surface area (Å²) < 4.78 is 0.145. The summed E-state index contributed by atoms with van der Waals surface area (Å²) in [5, 5.41) is 20.2. The lowest BCUT2D eigenvalue weighted by molar-refractivity contribution is -0.139. The number of carbonyl (C=O) groups excluding carboxylic acids is 1. The van der Waals surface area contributed by atoms with Gasteiger partial charge < -0.3 is 20.4 Å². The van der Waals surface area contributed by atoms with E-state index in [0.717, 1.165) is 12.2 Å². The molecule has 0 aromatic carbocycles. The van der Waals surface area contributed by atoms with E-state index in [1.807, 2.05) is 11.8 Å². The lowest BCUT2D eigenvalue weighted by Gasteiger charge is -2.24. The van der Waals surface area contributed by atoms with Gasteiger partial charge in [0.05, 0.1) is 0 Å². The van der Waals surface area contributed by atoms with Crippen molar-refractivity contribution in [3.8, 4) is 0 Å². The summed E-state index contributed by atoms with van der Waals surface area (Å²) in [7, 11) is 0. The predicted molar refractivity (Wildman–Crippen MR) is 74.4 cm³/mol. The third-order valence-corrected chi connectivity index (χ3v) is 4.51. The van der Waals surface area contributed by atoms with Crippen molar-refractivity contribution in [3.63, 3.8) is 0 Å². The fraction of sp³-hybridized carbons (Fsp3) is 0.833. The first-order valence-corrected chi connectivity index (χ1v) is 7.37. The zero-order valence-corrected chi connectivity index (χ0v) is 12.2. The molecule has 3 N–H and O–H groups in total. The number of carboxylic acid groups (broad SMARTS) is 1. The number of nitrogens with zero attached hydrogens (tertiary/aromatic N) is 1. The standard InChI is InChI=1S/C12H22N2O4S/c1-12(2)4-5-14(6-8-19-12)11(18)13-9(3-7-15)10(16)17/h9,15H,3-8H2,1-2H3,(H,13,18)(H,16,17)/t9-/m1/s1. The normalized spacial score (nSPS) is 20.5. The lowest BCUT2D eigenvalue weighted by Crippen LogP contribution is -2.49. The number of carboxylic acids is 1. The summed E-state index contributed by atoms with van der Waals surface area (Å²) in [5.41, 5.74) is 0. The van der Waals surface area contributed by atoms with Crippen molar-refractivity contribution >= 4 is 23.8 Å². The Morgan fingerprint density at radius 3 is 2.68 bits per heavy atom. The second-order valence-corrected chi connectivity index (χ2v) is 7.00. The molecule has 1 heterocycles. The van der Waals surface area contributed by atoms with Gasteiger partial charge in [-0.1, -0.05) is 13.8 Å². The van der Waals surface area contributed by atoms with E-state index in [1.165, 1.54) is 0 Å². The average Bonchev–Trinajstić information content (AvgIpc) is 2.49. The van der Waals surface area contributed by atoms with Crippen molar-refractivity contribution in [2.24, 2.45) is 0 Å². The molecule has 0 unspecified atom stereocenters. The number of thioether (sulfide) groups is 1. The molecule has 7 heteroatoms. The van der Waals surface area contributed by atoms with E-state index in [9.17, 15) is 9.59 Å². The summed E-state index contributed by atoms with van der Waals surface area (Å²) >= 11 is 1.82. The van der Waals surface area contributed by atoms with Crippen molar-refractivity contribution in [1.82, 2.24) is 10.2 Å². The first-order valence-electron chi connectivity index (χ1n) is 6.39. The van der Waals surface area contributed by atoms with Crippen LogP contribution in [0.25, 0.3) is 0 Å². The summed E-state index contributed by atoms with van der Waals surface area (Å²) in [6.07, 6.45) is 0.901. The van der Waals surface area contributed by atoms with Gasteiger partial charge in [-0.25, -0.2) is 9.59 Å². The monoisotopic (exact) mass is 290 g/mol. The highest BCUT2D eigenvalue weighted by Gasteiger charge is 2.28. The van der Waals surface area contributed by atoms with Gasteiger partial charge in [0.25, 0.3) is 0 Å². The molecule has 0 radical (unpaired) electrons. The van der Waals surface area contributed by atoms with Crippen LogP contribution in [0.4, 0.5) is 4.79 Å². The molecule has 1 aliphatic rings. The third-order valence-electron chi connectivity index (χ3n) is 3.14. The predicted octanol–water partition coefficient (Wildman–Crippen LogP) is 0.749. The summed E-state index contributed by atoms with van der Waals surface area (Å²) in [6.45, 7) is 5.26. The molecule has 2 amide bonds. The van der Waals surface area contributed by atoms with Gasteiger partial charge in [-0.3, -0.25) is 0 Å². The third kappa shape index (κ3) is 5.28.